The zero-order valence-electron chi connectivity index (χ0n) is 30.4. The Morgan fingerprint density at radius 1 is 0.673 bits per heavy atom. The Morgan fingerprint density at radius 3 is 1.64 bits per heavy atom. The number of benzene rings is 1. The number of carboxylic acids is 1. The number of phenolic OH excluding ortho intramolecular Hbond substituents is 1. The first-order valence-corrected chi connectivity index (χ1v) is 18.0. The number of thiol groups is 1. The molecule has 0 spiro atoms. The summed E-state index contributed by atoms with van der Waals surface area (Å²) in [5, 5.41) is 34.2. The highest BCUT2D eigenvalue weighted by molar-refractivity contribution is 7.80. The van der Waals surface area contributed by atoms with Crippen molar-refractivity contribution in [2.45, 2.75) is 81.2 Å². The van der Waals surface area contributed by atoms with E-state index in [4.69, 9.17) is 34.4 Å². The van der Waals surface area contributed by atoms with Crippen molar-refractivity contribution in [3.63, 3.8) is 0 Å². The summed E-state index contributed by atoms with van der Waals surface area (Å²) in [5.74, 6) is -5.87. The molecule has 0 aliphatic heterocycles. The minimum atomic E-state index is -1.42. The van der Waals surface area contributed by atoms with E-state index < -0.39 is 77.8 Å². The molecule has 1 aromatic carbocycles. The standard InChI is InChI=1S/C32H55N13O9S/c33-11-9-19(35)25(47)41-20(4-2-14-40-32(38)54)27(49)45-24(16-55)29(51)43-22(10-12-34)28(50)42-21(3-1-13-39-31(36)37)26(48)44-23(30(52)53)15-17-5-7-18(46)8-6-17/h5-8,19-24,46,55H,1-4,9-16,33-35H2,(H,41,47)(H,42,50)(H,43,51)(H,44,48)(H,45,49)(H,52,53)(H4,36,37,39)(H3,38,40,54)/t19-,20-,21-,22-,23-,24-/m0/s1. The average molecular weight is 798 g/mol. The summed E-state index contributed by atoms with van der Waals surface area (Å²) in [7, 11) is 0. The smallest absolute Gasteiger partial charge is 0.326 e. The van der Waals surface area contributed by atoms with Crippen molar-refractivity contribution in [1.29, 1.82) is 0 Å². The molecule has 0 aliphatic carbocycles. The van der Waals surface area contributed by atoms with Crippen molar-refractivity contribution >= 4 is 60.1 Å². The molecule has 0 saturated carbocycles. The van der Waals surface area contributed by atoms with Gasteiger partial charge in [0, 0.05) is 25.3 Å². The first kappa shape index (κ1) is 47.6. The van der Waals surface area contributed by atoms with Gasteiger partial charge in [-0.2, -0.15) is 12.6 Å². The molecule has 0 aliphatic rings. The Kier molecular flexibility index (Phi) is 22.2. The van der Waals surface area contributed by atoms with Gasteiger partial charge in [0.05, 0.1) is 6.04 Å². The molecule has 7 amide bonds. The summed E-state index contributed by atoms with van der Waals surface area (Å²) >= 11 is 4.17. The number of aliphatic carboxylic acids is 1. The molecule has 1 aromatic rings. The quantitative estimate of drug-likeness (QED) is 0.0181. The third-order valence-corrected chi connectivity index (χ3v) is 8.25. The number of phenols is 1. The molecule has 0 radical (unpaired) electrons. The highest BCUT2D eigenvalue weighted by Crippen LogP contribution is 2.12. The van der Waals surface area contributed by atoms with Crippen LogP contribution in [0.4, 0.5) is 4.79 Å². The van der Waals surface area contributed by atoms with E-state index in [1.54, 1.807) is 0 Å². The fourth-order valence-electron chi connectivity index (χ4n) is 4.94. The number of aromatic hydroxyl groups is 1. The van der Waals surface area contributed by atoms with Gasteiger partial charge < -0.3 is 76.5 Å². The Bertz CT molecular complexity index is 1460. The van der Waals surface area contributed by atoms with Crippen molar-refractivity contribution in [2.24, 2.45) is 39.4 Å². The summed E-state index contributed by atoms with van der Waals surface area (Å²) in [6, 6.07) is -2.70. The number of carboxylic acid groups (broad SMARTS) is 1. The van der Waals surface area contributed by atoms with Gasteiger partial charge in [-0.05, 0) is 69.3 Å². The lowest BCUT2D eigenvalue weighted by Crippen LogP contribution is -2.60. The van der Waals surface area contributed by atoms with E-state index in [2.05, 4.69) is 49.5 Å². The molecule has 55 heavy (non-hydrogen) atoms. The van der Waals surface area contributed by atoms with Crippen LogP contribution in [0, 0.1) is 0 Å². The minimum absolute atomic E-state index is 0.0105. The van der Waals surface area contributed by atoms with E-state index in [0.29, 0.717) is 5.56 Å². The number of carbonyl (C=O) groups excluding carboxylic acids is 6. The number of hydrogen-bond acceptors (Lipinski definition) is 13. The summed E-state index contributed by atoms with van der Waals surface area (Å²) in [6.45, 7) is 0.174. The van der Waals surface area contributed by atoms with E-state index in [1.807, 2.05) is 0 Å². The van der Waals surface area contributed by atoms with Crippen molar-refractivity contribution in [3.8, 4) is 5.75 Å². The van der Waals surface area contributed by atoms with E-state index in [-0.39, 0.29) is 88.6 Å². The van der Waals surface area contributed by atoms with Crippen LogP contribution < -0.4 is 66.3 Å². The van der Waals surface area contributed by atoms with E-state index in [1.165, 1.54) is 24.3 Å². The summed E-state index contributed by atoms with van der Waals surface area (Å²) in [6.07, 6.45) is 0.223. The fourth-order valence-corrected chi connectivity index (χ4v) is 5.19. The number of nitrogens with one attached hydrogen (secondary N) is 6. The maximum atomic E-state index is 13.6. The molecule has 22 nitrogen and oxygen atoms in total. The Hall–Kier alpha value is -5.39. The van der Waals surface area contributed by atoms with Gasteiger partial charge in [-0.15, -0.1) is 0 Å². The SMILES string of the molecule is NCC[C@H](NC(=O)[C@H](CS)NC(=O)[C@H](CCCNC(N)=O)NC(=O)[C@@H](N)CCN)C(=O)N[C@@H](CCCN=C(N)N)C(=O)N[C@@H](Cc1ccc(O)cc1)C(=O)O. The minimum Gasteiger partial charge on any atom is -0.508 e. The first-order chi connectivity index (χ1) is 26.0. The molecule has 0 fully saturated rings. The number of guanidine groups is 1. The number of nitrogens with two attached hydrogens (primary N) is 6. The Morgan fingerprint density at radius 2 is 1.15 bits per heavy atom. The normalized spacial score (nSPS) is 14.0. The van der Waals surface area contributed by atoms with Crippen LogP contribution >= 0.6 is 12.6 Å². The zero-order chi connectivity index (χ0) is 41.5. The molecule has 0 bridgehead atoms. The Labute approximate surface area is 323 Å². The van der Waals surface area contributed by atoms with Gasteiger partial charge in [0.1, 0.15) is 36.0 Å². The second-order valence-electron chi connectivity index (χ2n) is 12.3. The zero-order valence-corrected chi connectivity index (χ0v) is 31.3. The van der Waals surface area contributed by atoms with Crippen LogP contribution in [0.5, 0.6) is 5.75 Å². The van der Waals surface area contributed by atoms with Crippen molar-refractivity contribution in [3.05, 3.63) is 29.8 Å². The third kappa shape index (κ3) is 19.0. The number of nitrogens with zero attached hydrogens (tertiary/aromatic N) is 1. The lowest BCUT2D eigenvalue weighted by molar-refractivity contribution is -0.142. The van der Waals surface area contributed by atoms with Gasteiger partial charge in [0.15, 0.2) is 5.96 Å². The van der Waals surface area contributed by atoms with Crippen LogP contribution in [-0.2, 0) is 35.2 Å². The summed E-state index contributed by atoms with van der Waals surface area (Å²) < 4.78 is 0. The second kappa shape index (κ2) is 25.6. The van der Waals surface area contributed by atoms with E-state index >= 15 is 0 Å². The number of aliphatic imine (C=N–C) groups is 1. The Balaban J connectivity index is 3.16. The maximum absolute atomic E-state index is 13.6. The van der Waals surface area contributed by atoms with Crippen LogP contribution in [0.1, 0.15) is 44.1 Å². The van der Waals surface area contributed by atoms with E-state index in [0.717, 1.165) is 0 Å². The van der Waals surface area contributed by atoms with Crippen LogP contribution in [0.25, 0.3) is 0 Å². The van der Waals surface area contributed by atoms with Gasteiger partial charge in [0.25, 0.3) is 0 Å². The predicted octanol–water partition coefficient (Wildman–Crippen LogP) is -5.10. The highest BCUT2D eigenvalue weighted by atomic mass is 32.1. The molecule has 23 heteroatoms. The number of rotatable bonds is 26. The second-order valence-corrected chi connectivity index (χ2v) is 12.7. The van der Waals surface area contributed by atoms with Gasteiger partial charge in [-0.3, -0.25) is 29.0 Å². The van der Waals surface area contributed by atoms with Crippen LogP contribution in [0.3, 0.4) is 0 Å². The number of amides is 7. The molecule has 0 aromatic heterocycles. The van der Waals surface area contributed by atoms with E-state index in [9.17, 15) is 43.8 Å². The lowest BCUT2D eigenvalue weighted by Gasteiger charge is -2.26. The number of urea groups is 1. The summed E-state index contributed by atoms with van der Waals surface area (Å²) in [5.41, 5.74) is 33.4. The fraction of sp³-hybridized carbons (Fsp3) is 0.562. The van der Waals surface area contributed by atoms with Crippen molar-refractivity contribution < 1.29 is 43.8 Å². The van der Waals surface area contributed by atoms with Crippen molar-refractivity contribution in [2.75, 3.05) is 31.9 Å². The van der Waals surface area contributed by atoms with Crippen LogP contribution in [0.15, 0.2) is 29.3 Å². The number of carbonyl (C=O) groups is 7. The van der Waals surface area contributed by atoms with Crippen LogP contribution in [0.2, 0.25) is 0 Å². The van der Waals surface area contributed by atoms with Gasteiger partial charge in [0.2, 0.25) is 29.5 Å². The van der Waals surface area contributed by atoms with Crippen molar-refractivity contribution in [1.82, 2.24) is 31.9 Å². The largest absolute Gasteiger partial charge is 0.508 e. The third-order valence-electron chi connectivity index (χ3n) is 7.89. The molecule has 308 valence electrons. The molecule has 0 heterocycles. The average Bonchev–Trinajstić information content (AvgIpc) is 3.12. The molecule has 6 atom stereocenters. The monoisotopic (exact) mass is 797 g/mol. The molecule has 0 unspecified atom stereocenters. The summed E-state index contributed by atoms with van der Waals surface area (Å²) in [4.78, 5) is 93.3. The molecule has 0 saturated heterocycles. The number of hydrogen-bond donors (Lipinski definition) is 15. The lowest BCUT2D eigenvalue weighted by atomic mass is 10.0. The molecular formula is C32H55N13O9S. The number of primary amides is 1. The van der Waals surface area contributed by atoms with Crippen LogP contribution in [-0.4, -0.2) is 126 Å². The molecule has 20 N–H and O–H groups in total. The van der Waals surface area contributed by atoms with Gasteiger partial charge >= 0.3 is 12.0 Å². The predicted molar refractivity (Wildman–Crippen MR) is 205 cm³/mol. The molecule has 1 rings (SSSR count). The first-order valence-electron chi connectivity index (χ1n) is 17.4. The van der Waals surface area contributed by atoms with Gasteiger partial charge in [-0.25, -0.2) is 9.59 Å². The topological polar surface area (TPSA) is 401 Å². The highest BCUT2D eigenvalue weighted by Gasteiger charge is 2.32. The molecular weight excluding hydrogens is 743 g/mol. The maximum Gasteiger partial charge on any atom is 0.326 e. The van der Waals surface area contributed by atoms with Gasteiger partial charge in [-0.1, -0.05) is 12.1 Å².